The van der Waals surface area contributed by atoms with Crippen LogP contribution in [0.25, 0.3) is 0 Å². The van der Waals surface area contributed by atoms with Crippen LogP contribution in [0.3, 0.4) is 0 Å². The van der Waals surface area contributed by atoms with E-state index in [1.54, 1.807) is 22.5 Å². The zero-order chi connectivity index (χ0) is 14.6. The molecule has 0 amide bonds. The minimum absolute atomic E-state index is 0.130. The third-order valence-corrected chi connectivity index (χ3v) is 5.84. The Labute approximate surface area is 121 Å². The summed E-state index contributed by atoms with van der Waals surface area (Å²) >= 11 is 0. The van der Waals surface area contributed by atoms with Gasteiger partial charge in [0.1, 0.15) is 0 Å². The van der Waals surface area contributed by atoms with Crippen LogP contribution in [0.1, 0.15) is 43.2 Å². The van der Waals surface area contributed by atoms with Gasteiger partial charge in [-0.15, -0.1) is 0 Å². The molecule has 1 N–H and O–H groups in total. The molecular weight excluding hydrogens is 274 g/mol. The van der Waals surface area contributed by atoms with Crippen molar-refractivity contribution in [2.75, 3.05) is 13.1 Å². The fourth-order valence-electron chi connectivity index (χ4n) is 2.59. The Hall–Kier alpha value is -0.910. The van der Waals surface area contributed by atoms with Gasteiger partial charge in [0.05, 0.1) is 11.5 Å². The summed E-state index contributed by atoms with van der Waals surface area (Å²) in [6.07, 6.45) is 5.26. The number of aliphatic hydroxyl groups excluding tert-OH is 1. The molecule has 1 aromatic rings. The third-order valence-electron chi connectivity index (χ3n) is 3.94. The molecule has 1 aliphatic rings. The Kier molecular flexibility index (Phi) is 5.18. The van der Waals surface area contributed by atoms with E-state index in [9.17, 15) is 13.5 Å². The standard InChI is InChI=1S/C15H23NO3S/c1-13-7-8-15(11-14(13)12-17)20(18,19)16-9-5-3-2-4-6-10-16/h7-8,11,17H,2-6,9-10,12H2,1H3. The Morgan fingerprint density at radius 2 is 1.70 bits per heavy atom. The Morgan fingerprint density at radius 1 is 1.10 bits per heavy atom. The monoisotopic (exact) mass is 297 g/mol. The van der Waals surface area contributed by atoms with E-state index in [2.05, 4.69) is 0 Å². The first-order chi connectivity index (χ1) is 9.55. The zero-order valence-electron chi connectivity index (χ0n) is 12.0. The van der Waals surface area contributed by atoms with Crippen LogP contribution >= 0.6 is 0 Å². The van der Waals surface area contributed by atoms with Crippen LogP contribution in [0.5, 0.6) is 0 Å². The normalized spacial score (nSPS) is 18.5. The summed E-state index contributed by atoms with van der Waals surface area (Å²) in [6.45, 7) is 2.95. The average molecular weight is 297 g/mol. The van der Waals surface area contributed by atoms with Gasteiger partial charge in [0.2, 0.25) is 10.0 Å². The van der Waals surface area contributed by atoms with E-state index in [-0.39, 0.29) is 6.61 Å². The molecule has 1 heterocycles. The highest BCUT2D eigenvalue weighted by Gasteiger charge is 2.24. The molecular formula is C15H23NO3S. The van der Waals surface area contributed by atoms with Crippen LogP contribution in [0.4, 0.5) is 0 Å². The summed E-state index contributed by atoms with van der Waals surface area (Å²) in [7, 11) is -3.43. The Balaban J connectivity index is 2.28. The summed E-state index contributed by atoms with van der Waals surface area (Å²) < 4.78 is 26.9. The van der Waals surface area contributed by atoms with Crippen molar-refractivity contribution in [2.24, 2.45) is 0 Å². The molecule has 0 atom stereocenters. The van der Waals surface area contributed by atoms with E-state index < -0.39 is 10.0 Å². The highest BCUT2D eigenvalue weighted by molar-refractivity contribution is 7.89. The van der Waals surface area contributed by atoms with Crippen molar-refractivity contribution in [3.05, 3.63) is 29.3 Å². The van der Waals surface area contributed by atoms with E-state index in [0.29, 0.717) is 23.5 Å². The maximum atomic E-state index is 12.7. The van der Waals surface area contributed by atoms with Gasteiger partial charge in [0, 0.05) is 13.1 Å². The van der Waals surface area contributed by atoms with E-state index >= 15 is 0 Å². The highest BCUT2D eigenvalue weighted by Crippen LogP contribution is 2.22. The lowest BCUT2D eigenvalue weighted by atomic mass is 10.1. The Bertz CT molecular complexity index is 546. The maximum absolute atomic E-state index is 12.7. The number of hydrogen-bond donors (Lipinski definition) is 1. The summed E-state index contributed by atoms with van der Waals surface area (Å²) in [5, 5.41) is 9.29. The second-order valence-electron chi connectivity index (χ2n) is 5.42. The van der Waals surface area contributed by atoms with Crippen LogP contribution < -0.4 is 0 Å². The van der Waals surface area contributed by atoms with Crippen molar-refractivity contribution in [2.45, 2.75) is 50.5 Å². The number of rotatable bonds is 3. The molecule has 0 bridgehead atoms. The van der Waals surface area contributed by atoms with Gasteiger partial charge < -0.3 is 5.11 Å². The highest BCUT2D eigenvalue weighted by atomic mass is 32.2. The van der Waals surface area contributed by atoms with Crippen LogP contribution in [-0.4, -0.2) is 30.9 Å². The molecule has 0 unspecified atom stereocenters. The average Bonchev–Trinajstić information content (AvgIpc) is 2.38. The first-order valence-corrected chi connectivity index (χ1v) is 8.70. The molecule has 0 spiro atoms. The molecule has 1 aliphatic heterocycles. The van der Waals surface area contributed by atoms with Crippen LogP contribution in [0.15, 0.2) is 23.1 Å². The van der Waals surface area contributed by atoms with Gasteiger partial charge in [-0.2, -0.15) is 4.31 Å². The van der Waals surface area contributed by atoms with Gasteiger partial charge in [-0.05, 0) is 43.0 Å². The predicted molar refractivity (Wildman–Crippen MR) is 78.9 cm³/mol. The van der Waals surface area contributed by atoms with Gasteiger partial charge in [0.15, 0.2) is 0 Å². The van der Waals surface area contributed by atoms with E-state index in [0.717, 1.165) is 31.2 Å². The predicted octanol–water partition coefficient (Wildman–Crippen LogP) is 2.44. The number of aliphatic hydroxyl groups is 1. The third kappa shape index (κ3) is 3.40. The van der Waals surface area contributed by atoms with Crippen LogP contribution in [0, 0.1) is 6.92 Å². The quantitative estimate of drug-likeness (QED) is 0.932. The largest absolute Gasteiger partial charge is 0.392 e. The first kappa shape index (κ1) is 15.5. The molecule has 20 heavy (non-hydrogen) atoms. The summed E-state index contributed by atoms with van der Waals surface area (Å²) in [5.74, 6) is 0. The second-order valence-corrected chi connectivity index (χ2v) is 7.36. The lowest BCUT2D eigenvalue weighted by Crippen LogP contribution is -2.33. The van der Waals surface area contributed by atoms with E-state index in [4.69, 9.17) is 0 Å². The van der Waals surface area contributed by atoms with Gasteiger partial charge in [0.25, 0.3) is 0 Å². The molecule has 1 aromatic carbocycles. The van der Waals surface area contributed by atoms with Gasteiger partial charge in [-0.1, -0.05) is 25.3 Å². The fraction of sp³-hybridized carbons (Fsp3) is 0.600. The lowest BCUT2D eigenvalue weighted by molar-refractivity contribution is 0.280. The molecule has 1 saturated heterocycles. The number of nitrogens with zero attached hydrogens (tertiary/aromatic N) is 1. The van der Waals surface area contributed by atoms with E-state index in [1.165, 1.54) is 6.42 Å². The van der Waals surface area contributed by atoms with Crippen molar-refractivity contribution in [3.8, 4) is 0 Å². The summed E-state index contributed by atoms with van der Waals surface area (Å²) in [6, 6.07) is 5.01. The molecule has 5 heteroatoms. The van der Waals surface area contributed by atoms with Gasteiger partial charge >= 0.3 is 0 Å². The molecule has 0 radical (unpaired) electrons. The number of benzene rings is 1. The lowest BCUT2D eigenvalue weighted by Gasteiger charge is -2.24. The van der Waals surface area contributed by atoms with Crippen molar-refractivity contribution >= 4 is 10.0 Å². The van der Waals surface area contributed by atoms with Crippen LogP contribution in [0.2, 0.25) is 0 Å². The SMILES string of the molecule is Cc1ccc(S(=O)(=O)N2CCCCCCC2)cc1CO. The molecule has 4 nitrogen and oxygen atoms in total. The fourth-order valence-corrected chi connectivity index (χ4v) is 4.15. The first-order valence-electron chi connectivity index (χ1n) is 7.26. The summed E-state index contributed by atoms with van der Waals surface area (Å²) in [5.41, 5.74) is 1.59. The van der Waals surface area contributed by atoms with Gasteiger partial charge in [-0.3, -0.25) is 0 Å². The molecule has 2 rings (SSSR count). The number of hydrogen-bond acceptors (Lipinski definition) is 3. The van der Waals surface area contributed by atoms with Crippen molar-refractivity contribution in [3.63, 3.8) is 0 Å². The molecule has 112 valence electrons. The Morgan fingerprint density at radius 3 is 2.30 bits per heavy atom. The van der Waals surface area contributed by atoms with Crippen molar-refractivity contribution in [1.82, 2.24) is 4.31 Å². The molecule has 1 fully saturated rings. The maximum Gasteiger partial charge on any atom is 0.243 e. The summed E-state index contributed by atoms with van der Waals surface area (Å²) in [4.78, 5) is 0.299. The minimum Gasteiger partial charge on any atom is -0.392 e. The second kappa shape index (κ2) is 6.70. The minimum atomic E-state index is -3.43. The van der Waals surface area contributed by atoms with Crippen molar-refractivity contribution in [1.29, 1.82) is 0 Å². The van der Waals surface area contributed by atoms with Gasteiger partial charge in [-0.25, -0.2) is 8.42 Å². The number of sulfonamides is 1. The molecule has 0 aromatic heterocycles. The topological polar surface area (TPSA) is 57.6 Å². The van der Waals surface area contributed by atoms with Crippen molar-refractivity contribution < 1.29 is 13.5 Å². The van der Waals surface area contributed by atoms with Crippen LogP contribution in [-0.2, 0) is 16.6 Å². The smallest absolute Gasteiger partial charge is 0.243 e. The molecule has 0 aliphatic carbocycles. The molecule has 0 saturated carbocycles. The zero-order valence-corrected chi connectivity index (χ0v) is 12.8. The number of aryl methyl sites for hydroxylation is 1. The van der Waals surface area contributed by atoms with E-state index in [1.807, 2.05) is 6.92 Å².